The third kappa shape index (κ3) is 2.01. The molecule has 0 bridgehead atoms. The van der Waals surface area contributed by atoms with Gasteiger partial charge in [-0.15, -0.1) is 10.2 Å². The second kappa shape index (κ2) is 5.23. The molecule has 0 N–H and O–H groups in total. The van der Waals surface area contributed by atoms with E-state index >= 15 is 0 Å². The highest BCUT2D eigenvalue weighted by Gasteiger charge is 2.18. The normalized spacial score (nSPS) is 11.7. The zero-order chi connectivity index (χ0) is 16.8. The van der Waals surface area contributed by atoms with Crippen LogP contribution in [0.5, 0.6) is 0 Å². The van der Waals surface area contributed by atoms with Crippen molar-refractivity contribution in [3.8, 4) is 11.1 Å². The third-order valence-corrected chi connectivity index (χ3v) is 4.05. The number of fused-ring (bicyclic) bond motifs is 3. The van der Waals surface area contributed by atoms with E-state index < -0.39 is 0 Å². The summed E-state index contributed by atoms with van der Waals surface area (Å²) in [5, 5.41) is 12.9. The molecule has 1 aromatic carbocycles. The van der Waals surface area contributed by atoms with Crippen molar-refractivity contribution in [3.05, 3.63) is 52.7 Å². The molecule has 0 spiro atoms. The maximum absolute atomic E-state index is 12.6. The van der Waals surface area contributed by atoms with Crippen molar-refractivity contribution in [2.45, 2.75) is 26.8 Å². The maximum Gasteiger partial charge on any atom is 0.283 e. The van der Waals surface area contributed by atoms with Crippen LogP contribution in [0.25, 0.3) is 27.9 Å². The first-order valence-electron chi connectivity index (χ1n) is 7.76. The largest absolute Gasteiger partial charge is 0.295 e. The van der Waals surface area contributed by atoms with E-state index in [0.29, 0.717) is 11.3 Å². The molecule has 0 aliphatic carbocycles. The first-order valence-corrected chi connectivity index (χ1v) is 7.76. The highest BCUT2D eigenvalue weighted by Crippen LogP contribution is 2.27. The SMILES string of the molecule is Cc1nn2c(nnc3c(=O)n(C(C)C)cnc32)c1-c1ccccc1. The van der Waals surface area contributed by atoms with Gasteiger partial charge in [-0.3, -0.25) is 9.36 Å². The molecular weight excluding hydrogens is 304 g/mol. The second-order valence-electron chi connectivity index (χ2n) is 5.98. The van der Waals surface area contributed by atoms with Crippen LogP contribution in [0, 0.1) is 6.92 Å². The summed E-state index contributed by atoms with van der Waals surface area (Å²) < 4.78 is 3.14. The summed E-state index contributed by atoms with van der Waals surface area (Å²) in [5.41, 5.74) is 3.76. The van der Waals surface area contributed by atoms with Gasteiger partial charge in [0.05, 0.1) is 11.3 Å². The minimum Gasteiger partial charge on any atom is -0.295 e. The van der Waals surface area contributed by atoms with Crippen LogP contribution in [0.2, 0.25) is 0 Å². The molecule has 0 fully saturated rings. The van der Waals surface area contributed by atoms with Gasteiger partial charge in [0.1, 0.15) is 6.33 Å². The van der Waals surface area contributed by atoms with E-state index in [9.17, 15) is 4.79 Å². The summed E-state index contributed by atoms with van der Waals surface area (Å²) in [5.74, 6) is 0. The lowest BCUT2D eigenvalue weighted by Crippen LogP contribution is -2.24. The van der Waals surface area contributed by atoms with Crippen molar-refractivity contribution in [1.82, 2.24) is 29.4 Å². The molecule has 120 valence electrons. The summed E-state index contributed by atoms with van der Waals surface area (Å²) in [6.07, 6.45) is 1.54. The topological polar surface area (TPSA) is 78.0 Å². The zero-order valence-electron chi connectivity index (χ0n) is 13.6. The molecule has 0 unspecified atom stereocenters. The molecule has 3 heterocycles. The van der Waals surface area contributed by atoms with Gasteiger partial charge in [0, 0.05) is 6.04 Å². The molecule has 24 heavy (non-hydrogen) atoms. The Bertz CT molecular complexity index is 1110. The average Bonchev–Trinajstić information content (AvgIpc) is 2.92. The summed E-state index contributed by atoms with van der Waals surface area (Å²) in [6.45, 7) is 5.76. The van der Waals surface area contributed by atoms with Crippen molar-refractivity contribution in [1.29, 1.82) is 0 Å². The van der Waals surface area contributed by atoms with Gasteiger partial charge < -0.3 is 0 Å². The third-order valence-electron chi connectivity index (χ3n) is 4.05. The van der Waals surface area contributed by atoms with E-state index in [4.69, 9.17) is 0 Å². The number of aryl methyl sites for hydroxylation is 1. The van der Waals surface area contributed by atoms with Crippen LogP contribution < -0.4 is 5.56 Å². The van der Waals surface area contributed by atoms with Crippen LogP contribution >= 0.6 is 0 Å². The van der Waals surface area contributed by atoms with Gasteiger partial charge >= 0.3 is 0 Å². The van der Waals surface area contributed by atoms with E-state index in [1.54, 1.807) is 4.52 Å². The van der Waals surface area contributed by atoms with Gasteiger partial charge in [-0.25, -0.2) is 4.98 Å². The van der Waals surface area contributed by atoms with Crippen molar-refractivity contribution in [2.24, 2.45) is 0 Å². The van der Waals surface area contributed by atoms with Crippen LogP contribution in [0.1, 0.15) is 25.6 Å². The van der Waals surface area contributed by atoms with E-state index in [-0.39, 0.29) is 17.1 Å². The summed E-state index contributed by atoms with van der Waals surface area (Å²) >= 11 is 0. The minimum atomic E-state index is -0.209. The predicted molar refractivity (Wildman–Crippen MR) is 90.9 cm³/mol. The Labute approximate surface area is 137 Å². The van der Waals surface area contributed by atoms with Gasteiger partial charge in [-0.2, -0.15) is 9.61 Å². The Balaban J connectivity index is 2.08. The quantitative estimate of drug-likeness (QED) is 0.567. The molecule has 7 nitrogen and oxygen atoms in total. The van der Waals surface area contributed by atoms with Crippen molar-refractivity contribution in [3.63, 3.8) is 0 Å². The first-order chi connectivity index (χ1) is 11.6. The lowest BCUT2D eigenvalue weighted by molar-refractivity contribution is 0.570. The number of rotatable bonds is 2. The highest BCUT2D eigenvalue weighted by atomic mass is 16.1. The summed E-state index contributed by atoms with van der Waals surface area (Å²) in [6, 6.07) is 9.89. The molecule has 0 aliphatic rings. The Morgan fingerprint density at radius 3 is 2.50 bits per heavy atom. The monoisotopic (exact) mass is 320 g/mol. The zero-order valence-corrected chi connectivity index (χ0v) is 13.6. The van der Waals surface area contributed by atoms with Crippen molar-refractivity contribution >= 4 is 16.8 Å². The van der Waals surface area contributed by atoms with Gasteiger partial charge in [-0.05, 0) is 26.3 Å². The lowest BCUT2D eigenvalue weighted by atomic mass is 10.1. The summed E-state index contributed by atoms with van der Waals surface area (Å²) in [4.78, 5) is 17.0. The molecule has 4 aromatic rings. The molecule has 3 aromatic heterocycles. The van der Waals surface area contributed by atoms with Crippen LogP contribution in [-0.2, 0) is 0 Å². The minimum absolute atomic E-state index is 0.00568. The molecule has 0 radical (unpaired) electrons. The number of nitrogens with zero attached hydrogens (tertiary/aromatic N) is 6. The number of hydrogen-bond acceptors (Lipinski definition) is 5. The number of hydrogen-bond donors (Lipinski definition) is 0. The molecule has 0 saturated carbocycles. The second-order valence-corrected chi connectivity index (χ2v) is 5.98. The van der Waals surface area contributed by atoms with Crippen molar-refractivity contribution < 1.29 is 0 Å². The maximum atomic E-state index is 12.6. The average molecular weight is 320 g/mol. The molecule has 0 aliphatic heterocycles. The van der Waals surface area contributed by atoms with Crippen LogP contribution in [-0.4, -0.2) is 29.4 Å². The van der Waals surface area contributed by atoms with Crippen LogP contribution in [0.15, 0.2) is 41.5 Å². The van der Waals surface area contributed by atoms with Crippen LogP contribution in [0.4, 0.5) is 0 Å². The Morgan fingerprint density at radius 2 is 1.79 bits per heavy atom. The van der Waals surface area contributed by atoms with Gasteiger partial charge in [0.25, 0.3) is 5.56 Å². The van der Waals surface area contributed by atoms with E-state index in [2.05, 4.69) is 20.3 Å². The van der Waals surface area contributed by atoms with Crippen LogP contribution in [0.3, 0.4) is 0 Å². The molecule has 7 heteroatoms. The first kappa shape index (κ1) is 14.5. The fourth-order valence-corrected chi connectivity index (χ4v) is 2.85. The molecular formula is C17H16N6O. The predicted octanol–water partition coefficient (Wildman–Crippen LogP) is 2.39. The number of aromatic nitrogens is 6. The molecule has 0 saturated heterocycles. The lowest BCUT2D eigenvalue weighted by Gasteiger charge is -2.09. The van der Waals surface area contributed by atoms with E-state index in [1.165, 1.54) is 10.9 Å². The number of benzene rings is 1. The Hall–Kier alpha value is -3.09. The Morgan fingerprint density at radius 1 is 1.04 bits per heavy atom. The van der Waals surface area contributed by atoms with Gasteiger partial charge in [-0.1, -0.05) is 30.3 Å². The fourth-order valence-electron chi connectivity index (χ4n) is 2.85. The highest BCUT2D eigenvalue weighted by molar-refractivity contribution is 5.83. The Kier molecular flexibility index (Phi) is 3.16. The molecule has 0 atom stereocenters. The summed E-state index contributed by atoms with van der Waals surface area (Å²) in [7, 11) is 0. The molecule has 4 rings (SSSR count). The van der Waals surface area contributed by atoms with Crippen molar-refractivity contribution in [2.75, 3.05) is 0 Å². The van der Waals surface area contributed by atoms with Gasteiger partial charge in [0.2, 0.25) is 0 Å². The van der Waals surface area contributed by atoms with E-state index in [1.807, 2.05) is 51.1 Å². The standard InChI is InChI=1S/C17H16N6O/c1-10(2)22-9-18-16-14(17(22)24)19-20-15-13(11(3)21-23(15)16)12-7-5-4-6-8-12/h4-10H,1-3H3. The fraction of sp³-hybridized carbons (Fsp3) is 0.235. The van der Waals surface area contributed by atoms with Gasteiger partial charge in [0.15, 0.2) is 16.8 Å². The molecule has 0 amide bonds. The smallest absolute Gasteiger partial charge is 0.283 e. The van der Waals surface area contributed by atoms with E-state index in [0.717, 1.165) is 16.8 Å².